The first-order valence-electron chi connectivity index (χ1n) is 4.60. The first kappa shape index (κ1) is 8.36. The zero-order valence-electron chi connectivity index (χ0n) is 8.03. The Morgan fingerprint density at radius 2 is 1.77 bits per heavy atom. The molecule has 2 aliphatic rings. The number of methoxy groups -OCH3 is 1. The van der Waals surface area contributed by atoms with Crippen LogP contribution in [0.15, 0.2) is 47.8 Å². The highest BCUT2D eigenvalue weighted by Gasteiger charge is 2.19. The Morgan fingerprint density at radius 3 is 2.54 bits per heavy atom. The summed E-state index contributed by atoms with van der Waals surface area (Å²) in [5.41, 5.74) is 1.35. The van der Waals surface area contributed by atoms with Crippen LogP contribution >= 0.6 is 0 Å². The summed E-state index contributed by atoms with van der Waals surface area (Å²) in [6.45, 7) is 2.14. The summed E-state index contributed by atoms with van der Waals surface area (Å²) in [7, 11) is 1.71. The molecule has 1 heteroatoms. The van der Waals surface area contributed by atoms with Gasteiger partial charge >= 0.3 is 0 Å². The van der Waals surface area contributed by atoms with E-state index in [0.717, 1.165) is 5.76 Å². The third-order valence-electron chi connectivity index (χ3n) is 2.56. The average molecular weight is 174 g/mol. The second-order valence-electron chi connectivity index (χ2n) is 3.56. The molecule has 0 aliphatic heterocycles. The van der Waals surface area contributed by atoms with Gasteiger partial charge in [-0.1, -0.05) is 29.9 Å². The predicted octanol–water partition coefficient (Wildman–Crippen LogP) is 2.84. The van der Waals surface area contributed by atoms with E-state index in [9.17, 15) is 0 Å². The lowest BCUT2D eigenvalue weighted by atomic mass is 9.83. The third kappa shape index (κ3) is 1.59. The summed E-state index contributed by atoms with van der Waals surface area (Å²) < 4.78 is 5.19. The first-order chi connectivity index (χ1) is 6.29. The Balaban J connectivity index is 2.23. The van der Waals surface area contributed by atoms with Crippen LogP contribution < -0.4 is 0 Å². The van der Waals surface area contributed by atoms with E-state index in [1.165, 1.54) is 5.57 Å². The van der Waals surface area contributed by atoms with Crippen LogP contribution in [-0.2, 0) is 4.74 Å². The Labute approximate surface area is 79.1 Å². The zero-order chi connectivity index (χ0) is 9.26. The fraction of sp³-hybridized carbons (Fsp3) is 0.333. The van der Waals surface area contributed by atoms with Crippen LogP contribution in [0.3, 0.4) is 0 Å². The highest BCUT2D eigenvalue weighted by atomic mass is 16.5. The quantitative estimate of drug-likeness (QED) is 0.594. The maximum Gasteiger partial charge on any atom is 0.115 e. The smallest absolute Gasteiger partial charge is 0.115 e. The molecule has 0 saturated carbocycles. The lowest BCUT2D eigenvalue weighted by molar-refractivity contribution is 0.299. The predicted molar refractivity (Wildman–Crippen MR) is 54.1 cm³/mol. The van der Waals surface area contributed by atoms with Gasteiger partial charge in [0, 0.05) is 11.8 Å². The van der Waals surface area contributed by atoms with Crippen molar-refractivity contribution in [3.63, 3.8) is 0 Å². The van der Waals surface area contributed by atoms with Crippen molar-refractivity contribution >= 4 is 0 Å². The normalized spacial score (nSPS) is 30.6. The second-order valence-corrected chi connectivity index (χ2v) is 3.56. The van der Waals surface area contributed by atoms with Crippen molar-refractivity contribution in [2.24, 2.45) is 11.8 Å². The molecule has 0 N–H and O–H groups in total. The van der Waals surface area contributed by atoms with Gasteiger partial charge in [0.1, 0.15) is 5.76 Å². The fourth-order valence-electron chi connectivity index (χ4n) is 1.80. The van der Waals surface area contributed by atoms with Gasteiger partial charge in [0.2, 0.25) is 0 Å². The molecule has 13 heavy (non-hydrogen) atoms. The van der Waals surface area contributed by atoms with Gasteiger partial charge in [-0.05, 0) is 19.1 Å². The molecule has 2 aliphatic carbocycles. The number of allylic oxidation sites excluding steroid dienone is 7. The molecule has 1 nitrogen and oxygen atoms in total. The van der Waals surface area contributed by atoms with Crippen LogP contribution in [0, 0.1) is 11.8 Å². The molecular weight excluding hydrogens is 160 g/mol. The molecule has 0 aromatic rings. The molecule has 68 valence electrons. The van der Waals surface area contributed by atoms with Crippen molar-refractivity contribution in [2.75, 3.05) is 7.11 Å². The number of ether oxygens (including phenoxy) is 1. The largest absolute Gasteiger partial charge is 0.497 e. The summed E-state index contributed by atoms with van der Waals surface area (Å²) in [4.78, 5) is 0. The van der Waals surface area contributed by atoms with Crippen LogP contribution in [0.4, 0.5) is 0 Å². The summed E-state index contributed by atoms with van der Waals surface area (Å²) in [6.07, 6.45) is 13.1. The molecule has 0 spiro atoms. The summed E-state index contributed by atoms with van der Waals surface area (Å²) >= 11 is 0. The molecule has 0 amide bonds. The minimum Gasteiger partial charge on any atom is -0.497 e. The summed E-state index contributed by atoms with van der Waals surface area (Å²) in [5, 5.41) is 0. The van der Waals surface area contributed by atoms with Crippen molar-refractivity contribution in [1.29, 1.82) is 0 Å². The Bertz CT molecular complexity index is 318. The van der Waals surface area contributed by atoms with Crippen LogP contribution in [-0.4, -0.2) is 7.11 Å². The van der Waals surface area contributed by atoms with Gasteiger partial charge in [-0.25, -0.2) is 0 Å². The van der Waals surface area contributed by atoms with E-state index in [0.29, 0.717) is 11.8 Å². The molecule has 2 rings (SSSR count). The minimum absolute atomic E-state index is 0.489. The highest BCUT2D eigenvalue weighted by molar-refractivity contribution is 5.34. The van der Waals surface area contributed by atoms with E-state index in [2.05, 4.69) is 37.3 Å². The molecule has 0 saturated heterocycles. The van der Waals surface area contributed by atoms with E-state index in [1.54, 1.807) is 7.11 Å². The number of hydrogen-bond acceptors (Lipinski definition) is 1. The molecule has 0 fully saturated rings. The van der Waals surface area contributed by atoms with Gasteiger partial charge in [0.05, 0.1) is 7.11 Å². The van der Waals surface area contributed by atoms with Crippen LogP contribution in [0.1, 0.15) is 6.92 Å². The van der Waals surface area contributed by atoms with Crippen LogP contribution in [0.25, 0.3) is 0 Å². The van der Waals surface area contributed by atoms with Crippen LogP contribution in [0.2, 0.25) is 0 Å². The molecule has 0 radical (unpaired) electrons. The molecule has 2 atom stereocenters. The van der Waals surface area contributed by atoms with Crippen LogP contribution in [0.5, 0.6) is 0 Å². The van der Waals surface area contributed by atoms with E-state index in [4.69, 9.17) is 4.74 Å². The Kier molecular flexibility index (Phi) is 2.09. The van der Waals surface area contributed by atoms with Gasteiger partial charge in [-0.2, -0.15) is 0 Å². The summed E-state index contributed by atoms with van der Waals surface area (Å²) in [5.74, 6) is 1.99. The van der Waals surface area contributed by atoms with Gasteiger partial charge in [0.15, 0.2) is 0 Å². The maximum absolute atomic E-state index is 5.19. The molecule has 0 aromatic heterocycles. The van der Waals surface area contributed by atoms with Gasteiger partial charge in [-0.3, -0.25) is 0 Å². The molecule has 1 unspecified atom stereocenters. The fourth-order valence-corrected chi connectivity index (χ4v) is 1.80. The summed E-state index contributed by atoms with van der Waals surface area (Å²) in [6, 6.07) is 0. The number of rotatable bonds is 1. The van der Waals surface area contributed by atoms with Crippen molar-refractivity contribution in [3.05, 3.63) is 47.8 Å². The monoisotopic (exact) mass is 174 g/mol. The van der Waals surface area contributed by atoms with Crippen molar-refractivity contribution < 1.29 is 4.74 Å². The lowest BCUT2D eigenvalue weighted by Crippen LogP contribution is -2.13. The molecule has 0 aromatic carbocycles. The van der Waals surface area contributed by atoms with E-state index in [1.807, 2.05) is 6.08 Å². The minimum atomic E-state index is 0.489. The third-order valence-corrected chi connectivity index (χ3v) is 2.56. The number of fused-ring (bicyclic) bond motifs is 1. The average Bonchev–Trinajstić information content (AvgIpc) is 2.17. The lowest BCUT2D eigenvalue weighted by Gasteiger charge is -2.23. The SMILES string of the molecule is COC1=CC2C=CC(C)=C[C@H]2C=C1. The van der Waals surface area contributed by atoms with E-state index >= 15 is 0 Å². The van der Waals surface area contributed by atoms with Crippen molar-refractivity contribution in [2.45, 2.75) is 6.92 Å². The van der Waals surface area contributed by atoms with E-state index in [-0.39, 0.29) is 0 Å². The van der Waals surface area contributed by atoms with Crippen molar-refractivity contribution in [1.82, 2.24) is 0 Å². The topological polar surface area (TPSA) is 9.23 Å². The van der Waals surface area contributed by atoms with Gasteiger partial charge in [-0.15, -0.1) is 0 Å². The molecule has 0 heterocycles. The Hall–Kier alpha value is -1.24. The zero-order valence-corrected chi connectivity index (χ0v) is 8.03. The maximum atomic E-state index is 5.19. The van der Waals surface area contributed by atoms with Crippen molar-refractivity contribution in [3.8, 4) is 0 Å². The van der Waals surface area contributed by atoms with Gasteiger partial charge < -0.3 is 4.74 Å². The number of hydrogen-bond donors (Lipinski definition) is 0. The Morgan fingerprint density at radius 1 is 1.08 bits per heavy atom. The standard InChI is InChI=1S/C12H14O/c1-9-3-4-11-8-12(13-2)6-5-10(11)7-9/h3-8,10-11H,1-2H3/t10-,11?/m1/s1. The first-order valence-corrected chi connectivity index (χ1v) is 4.60. The molecule has 0 bridgehead atoms. The highest BCUT2D eigenvalue weighted by Crippen LogP contribution is 2.29. The second kappa shape index (κ2) is 3.25. The van der Waals surface area contributed by atoms with Gasteiger partial charge in [0.25, 0.3) is 0 Å². The molecular formula is C12H14O. The van der Waals surface area contributed by atoms with E-state index < -0.39 is 0 Å².